The van der Waals surface area contributed by atoms with Crippen molar-refractivity contribution in [2.24, 2.45) is 0 Å². The lowest BCUT2D eigenvalue weighted by atomic mass is 10.2. The van der Waals surface area contributed by atoms with Crippen molar-refractivity contribution in [2.75, 3.05) is 0 Å². The number of rotatable bonds is 1. The van der Waals surface area contributed by atoms with E-state index in [0.29, 0.717) is 5.89 Å². The summed E-state index contributed by atoms with van der Waals surface area (Å²) in [7, 11) is 0. The topological polar surface area (TPSA) is 51.8 Å². The molecule has 68 valence electrons. The van der Waals surface area contributed by atoms with Crippen LogP contribution in [0.1, 0.15) is 0 Å². The summed E-state index contributed by atoms with van der Waals surface area (Å²) in [6.07, 6.45) is 1.32. The number of fused-ring (bicyclic) bond motifs is 1. The number of benzene rings is 1. The first-order chi connectivity index (χ1) is 6.93. The first-order valence-electron chi connectivity index (χ1n) is 4.03. The summed E-state index contributed by atoms with van der Waals surface area (Å²) in [6.45, 7) is 0. The molecular weight excluding hydrogens is 198 g/mol. The molecular formula is C9H5N3OS. The second-order valence-corrected chi connectivity index (χ2v) is 3.67. The van der Waals surface area contributed by atoms with Gasteiger partial charge in [0.15, 0.2) is 0 Å². The monoisotopic (exact) mass is 203 g/mol. The zero-order valence-electron chi connectivity index (χ0n) is 7.04. The highest BCUT2D eigenvalue weighted by Gasteiger charge is 2.05. The Balaban J connectivity index is 2.23. The van der Waals surface area contributed by atoms with Crippen LogP contribution in [0.3, 0.4) is 0 Å². The number of thiazole rings is 1. The Morgan fingerprint density at radius 1 is 1.29 bits per heavy atom. The molecule has 14 heavy (non-hydrogen) atoms. The second-order valence-electron chi connectivity index (χ2n) is 2.78. The van der Waals surface area contributed by atoms with Crippen molar-refractivity contribution in [1.29, 1.82) is 0 Å². The molecule has 2 heterocycles. The van der Waals surface area contributed by atoms with E-state index in [0.717, 1.165) is 15.8 Å². The molecule has 3 aromatic rings. The fourth-order valence-corrected chi connectivity index (χ4v) is 1.95. The molecule has 0 aliphatic carbocycles. The second kappa shape index (κ2) is 2.88. The van der Waals surface area contributed by atoms with Crippen molar-refractivity contribution in [3.8, 4) is 11.5 Å². The molecule has 0 fully saturated rings. The van der Waals surface area contributed by atoms with E-state index < -0.39 is 0 Å². The molecule has 0 aliphatic rings. The van der Waals surface area contributed by atoms with E-state index in [-0.39, 0.29) is 0 Å². The Kier molecular flexibility index (Phi) is 1.57. The van der Waals surface area contributed by atoms with Crippen LogP contribution in [0.4, 0.5) is 0 Å². The molecule has 0 saturated carbocycles. The number of nitrogens with zero attached hydrogens (tertiary/aromatic N) is 3. The molecule has 4 nitrogen and oxygen atoms in total. The highest BCUT2D eigenvalue weighted by atomic mass is 32.1. The third-order valence-corrected chi connectivity index (χ3v) is 2.75. The summed E-state index contributed by atoms with van der Waals surface area (Å²) < 4.78 is 6.26. The zero-order chi connectivity index (χ0) is 9.38. The summed E-state index contributed by atoms with van der Waals surface area (Å²) in [5, 5.41) is 7.47. The van der Waals surface area contributed by atoms with E-state index in [2.05, 4.69) is 15.2 Å². The van der Waals surface area contributed by atoms with Gasteiger partial charge in [0.2, 0.25) is 12.3 Å². The van der Waals surface area contributed by atoms with Crippen LogP contribution in [-0.2, 0) is 0 Å². The predicted octanol–water partition coefficient (Wildman–Crippen LogP) is 2.35. The molecule has 0 N–H and O–H groups in total. The molecule has 0 amide bonds. The molecule has 0 saturated heterocycles. The fraction of sp³-hybridized carbons (Fsp3) is 0. The minimum atomic E-state index is 0.528. The average molecular weight is 203 g/mol. The first kappa shape index (κ1) is 7.64. The molecule has 0 spiro atoms. The average Bonchev–Trinajstić information content (AvgIpc) is 2.88. The van der Waals surface area contributed by atoms with Gasteiger partial charge in [-0.1, -0.05) is 0 Å². The Morgan fingerprint density at radius 3 is 3.14 bits per heavy atom. The van der Waals surface area contributed by atoms with Crippen LogP contribution in [0, 0.1) is 0 Å². The molecule has 2 aromatic heterocycles. The van der Waals surface area contributed by atoms with Crippen molar-refractivity contribution in [2.45, 2.75) is 0 Å². The fourth-order valence-electron chi connectivity index (χ4n) is 1.29. The van der Waals surface area contributed by atoms with E-state index in [1.54, 1.807) is 11.3 Å². The van der Waals surface area contributed by atoms with Gasteiger partial charge in [0.25, 0.3) is 0 Å². The smallest absolute Gasteiger partial charge is 0.247 e. The van der Waals surface area contributed by atoms with Crippen molar-refractivity contribution in [1.82, 2.24) is 15.2 Å². The lowest BCUT2D eigenvalue weighted by Crippen LogP contribution is -1.77. The molecule has 0 bridgehead atoms. The summed E-state index contributed by atoms with van der Waals surface area (Å²) in [5.41, 5.74) is 3.69. The Bertz CT molecular complexity index is 558. The van der Waals surface area contributed by atoms with Gasteiger partial charge in [-0.25, -0.2) is 4.98 Å². The minimum absolute atomic E-state index is 0.528. The summed E-state index contributed by atoms with van der Waals surface area (Å²) in [4.78, 5) is 4.22. The number of hydrogen-bond donors (Lipinski definition) is 0. The van der Waals surface area contributed by atoms with Gasteiger partial charge in [-0.2, -0.15) is 0 Å². The van der Waals surface area contributed by atoms with Gasteiger partial charge in [0, 0.05) is 5.56 Å². The van der Waals surface area contributed by atoms with Gasteiger partial charge in [-0.3, -0.25) is 0 Å². The summed E-state index contributed by atoms with van der Waals surface area (Å²) in [6, 6.07) is 5.90. The standard InChI is InChI=1S/C9H5N3OS/c1-2-8-7(10-5-14-8)3-6(1)9-12-11-4-13-9/h1-5H. The Labute approximate surface area is 83.2 Å². The van der Waals surface area contributed by atoms with E-state index in [1.807, 2.05) is 23.7 Å². The van der Waals surface area contributed by atoms with Crippen molar-refractivity contribution >= 4 is 21.6 Å². The highest BCUT2D eigenvalue weighted by molar-refractivity contribution is 7.16. The molecule has 0 unspecified atom stereocenters. The quantitative estimate of drug-likeness (QED) is 0.609. The van der Waals surface area contributed by atoms with E-state index in [1.165, 1.54) is 6.39 Å². The van der Waals surface area contributed by atoms with E-state index in [9.17, 15) is 0 Å². The normalized spacial score (nSPS) is 10.9. The summed E-state index contributed by atoms with van der Waals surface area (Å²) in [5.74, 6) is 0.528. The summed E-state index contributed by atoms with van der Waals surface area (Å²) >= 11 is 1.62. The molecule has 3 rings (SSSR count). The lowest BCUT2D eigenvalue weighted by Gasteiger charge is -1.93. The minimum Gasteiger partial charge on any atom is -0.423 e. The third-order valence-electron chi connectivity index (χ3n) is 1.94. The molecule has 5 heteroatoms. The highest BCUT2D eigenvalue weighted by Crippen LogP contribution is 2.24. The van der Waals surface area contributed by atoms with Crippen LogP contribution in [-0.4, -0.2) is 15.2 Å². The Hall–Kier alpha value is -1.75. The van der Waals surface area contributed by atoms with Crippen LogP contribution < -0.4 is 0 Å². The predicted molar refractivity (Wildman–Crippen MR) is 52.9 cm³/mol. The van der Waals surface area contributed by atoms with Crippen LogP contribution in [0.25, 0.3) is 21.7 Å². The van der Waals surface area contributed by atoms with Crippen LogP contribution in [0.15, 0.2) is 34.5 Å². The van der Waals surface area contributed by atoms with Gasteiger partial charge < -0.3 is 4.42 Å². The molecule has 1 aromatic carbocycles. The molecule has 0 radical (unpaired) electrons. The van der Waals surface area contributed by atoms with Gasteiger partial charge in [-0.15, -0.1) is 21.5 Å². The van der Waals surface area contributed by atoms with Gasteiger partial charge in [0.1, 0.15) is 0 Å². The van der Waals surface area contributed by atoms with Crippen LogP contribution >= 0.6 is 11.3 Å². The zero-order valence-corrected chi connectivity index (χ0v) is 7.86. The largest absolute Gasteiger partial charge is 0.423 e. The van der Waals surface area contributed by atoms with E-state index in [4.69, 9.17) is 4.42 Å². The van der Waals surface area contributed by atoms with Gasteiger partial charge >= 0.3 is 0 Å². The van der Waals surface area contributed by atoms with Crippen molar-refractivity contribution in [3.05, 3.63) is 30.1 Å². The maximum atomic E-state index is 5.10. The maximum Gasteiger partial charge on any atom is 0.247 e. The first-order valence-corrected chi connectivity index (χ1v) is 4.91. The number of hydrogen-bond acceptors (Lipinski definition) is 5. The van der Waals surface area contributed by atoms with E-state index >= 15 is 0 Å². The van der Waals surface area contributed by atoms with Crippen LogP contribution in [0.2, 0.25) is 0 Å². The Morgan fingerprint density at radius 2 is 2.29 bits per heavy atom. The van der Waals surface area contributed by atoms with Gasteiger partial charge in [0.05, 0.1) is 15.7 Å². The lowest BCUT2D eigenvalue weighted by molar-refractivity contribution is 0.569. The van der Waals surface area contributed by atoms with Gasteiger partial charge in [-0.05, 0) is 18.2 Å². The molecule has 0 atom stereocenters. The van der Waals surface area contributed by atoms with Crippen molar-refractivity contribution in [3.63, 3.8) is 0 Å². The van der Waals surface area contributed by atoms with Crippen LogP contribution in [0.5, 0.6) is 0 Å². The molecule has 0 aliphatic heterocycles. The maximum absolute atomic E-state index is 5.10. The van der Waals surface area contributed by atoms with Crippen molar-refractivity contribution < 1.29 is 4.42 Å². The third kappa shape index (κ3) is 1.10. The number of aromatic nitrogens is 3. The SMILES string of the molecule is c1nnc(-c2ccc3scnc3c2)o1.